The molecule has 2 heterocycles. The summed E-state index contributed by atoms with van der Waals surface area (Å²) < 4.78 is 0. The molecule has 6 heteroatoms. The average molecular weight is 360 g/mol. The van der Waals surface area contributed by atoms with Crippen molar-refractivity contribution in [1.29, 1.82) is 0 Å². The van der Waals surface area contributed by atoms with E-state index in [0.29, 0.717) is 10.7 Å². The molecule has 0 fully saturated rings. The van der Waals surface area contributed by atoms with Gasteiger partial charge in [0.2, 0.25) is 5.13 Å². The fourth-order valence-electron chi connectivity index (χ4n) is 2.99. The van der Waals surface area contributed by atoms with Crippen molar-refractivity contribution in [2.75, 3.05) is 5.32 Å². The molecule has 2 aromatic carbocycles. The van der Waals surface area contributed by atoms with Crippen LogP contribution in [0.15, 0.2) is 54.0 Å². The second-order valence-electron chi connectivity index (χ2n) is 6.09. The fourth-order valence-corrected chi connectivity index (χ4v) is 3.43. The van der Waals surface area contributed by atoms with Gasteiger partial charge in [-0.05, 0) is 31.5 Å². The first-order valence-electron chi connectivity index (χ1n) is 8.17. The van der Waals surface area contributed by atoms with E-state index in [-0.39, 0.29) is 5.91 Å². The SMILES string of the molecule is Cc1ccc(-c2cc(C(=O)Nc3nncs3)c3ccccc3n2)c(C)c1. The first kappa shape index (κ1) is 16.4. The Kier molecular flexibility index (Phi) is 4.18. The highest BCUT2D eigenvalue weighted by molar-refractivity contribution is 7.13. The zero-order valence-corrected chi connectivity index (χ0v) is 15.2. The predicted octanol–water partition coefficient (Wildman–Crippen LogP) is 4.62. The van der Waals surface area contributed by atoms with Crippen molar-refractivity contribution in [3.05, 3.63) is 70.7 Å². The first-order chi connectivity index (χ1) is 12.6. The number of carbonyl (C=O) groups excluding carboxylic acids is 1. The number of nitrogens with one attached hydrogen (secondary N) is 1. The molecule has 0 spiro atoms. The second-order valence-corrected chi connectivity index (χ2v) is 6.92. The number of amides is 1. The molecule has 0 radical (unpaired) electrons. The molecule has 1 amide bonds. The number of aryl methyl sites for hydroxylation is 2. The molecule has 0 unspecified atom stereocenters. The molecule has 0 saturated carbocycles. The van der Waals surface area contributed by atoms with Crippen molar-refractivity contribution < 1.29 is 4.79 Å². The summed E-state index contributed by atoms with van der Waals surface area (Å²) in [5.41, 5.74) is 7.06. The summed E-state index contributed by atoms with van der Waals surface area (Å²) in [6, 6.07) is 15.7. The smallest absolute Gasteiger partial charge is 0.258 e. The molecule has 0 saturated heterocycles. The van der Waals surface area contributed by atoms with Crippen molar-refractivity contribution >= 4 is 33.3 Å². The van der Waals surface area contributed by atoms with Crippen LogP contribution in [0.25, 0.3) is 22.2 Å². The van der Waals surface area contributed by atoms with Gasteiger partial charge in [0.1, 0.15) is 5.51 Å². The first-order valence-corrected chi connectivity index (χ1v) is 9.05. The fraction of sp³-hybridized carbons (Fsp3) is 0.100. The lowest BCUT2D eigenvalue weighted by Gasteiger charge is -2.11. The van der Waals surface area contributed by atoms with Crippen molar-refractivity contribution in [3.8, 4) is 11.3 Å². The van der Waals surface area contributed by atoms with E-state index in [1.807, 2.05) is 36.4 Å². The summed E-state index contributed by atoms with van der Waals surface area (Å²) in [6.07, 6.45) is 0. The lowest BCUT2D eigenvalue weighted by atomic mass is 9.99. The van der Waals surface area contributed by atoms with Gasteiger partial charge in [0, 0.05) is 10.9 Å². The summed E-state index contributed by atoms with van der Waals surface area (Å²) in [4.78, 5) is 17.6. The Balaban J connectivity index is 1.87. The van der Waals surface area contributed by atoms with Crippen molar-refractivity contribution in [2.24, 2.45) is 0 Å². The number of hydrogen-bond donors (Lipinski definition) is 1. The highest BCUT2D eigenvalue weighted by Gasteiger charge is 2.16. The molecular weight excluding hydrogens is 344 g/mol. The van der Waals surface area contributed by atoms with Crippen LogP contribution in [0.3, 0.4) is 0 Å². The number of fused-ring (bicyclic) bond motifs is 1. The largest absolute Gasteiger partial charge is 0.296 e. The van der Waals surface area contributed by atoms with Crippen LogP contribution in [0.5, 0.6) is 0 Å². The molecule has 0 aliphatic carbocycles. The van der Waals surface area contributed by atoms with Crippen LogP contribution in [0.4, 0.5) is 5.13 Å². The minimum absolute atomic E-state index is 0.216. The molecule has 4 rings (SSSR count). The third kappa shape index (κ3) is 3.07. The normalized spacial score (nSPS) is 10.8. The Hall–Kier alpha value is -3.12. The molecule has 1 N–H and O–H groups in total. The van der Waals surface area contributed by atoms with E-state index in [9.17, 15) is 4.79 Å². The molecule has 128 valence electrons. The monoisotopic (exact) mass is 360 g/mol. The summed E-state index contributed by atoms with van der Waals surface area (Å²) in [7, 11) is 0. The lowest BCUT2D eigenvalue weighted by Crippen LogP contribution is -2.13. The summed E-state index contributed by atoms with van der Waals surface area (Å²) in [6.45, 7) is 4.12. The standard InChI is InChI=1S/C20H16N4OS/c1-12-7-8-14(13(2)9-12)18-10-16(15-5-3-4-6-17(15)22-18)19(25)23-20-24-21-11-26-20/h3-11H,1-2H3,(H,23,24,25). The number of para-hydroxylation sites is 1. The molecule has 2 aromatic heterocycles. The molecule has 0 atom stereocenters. The van der Waals surface area contributed by atoms with Crippen molar-refractivity contribution in [3.63, 3.8) is 0 Å². The quantitative estimate of drug-likeness (QED) is 0.579. The second kappa shape index (κ2) is 6.65. The van der Waals surface area contributed by atoms with E-state index >= 15 is 0 Å². The third-order valence-corrected chi connectivity index (χ3v) is 4.81. The maximum Gasteiger partial charge on any atom is 0.258 e. The van der Waals surface area contributed by atoms with E-state index in [1.54, 1.807) is 5.51 Å². The van der Waals surface area contributed by atoms with E-state index in [0.717, 1.165) is 27.7 Å². The van der Waals surface area contributed by atoms with Crippen LogP contribution in [-0.2, 0) is 0 Å². The number of pyridine rings is 1. The number of benzene rings is 2. The minimum Gasteiger partial charge on any atom is -0.296 e. The van der Waals surface area contributed by atoms with Crippen LogP contribution in [0, 0.1) is 13.8 Å². The van der Waals surface area contributed by atoms with Crippen LogP contribution < -0.4 is 5.32 Å². The number of carbonyl (C=O) groups is 1. The van der Waals surface area contributed by atoms with Gasteiger partial charge < -0.3 is 0 Å². The van der Waals surface area contributed by atoms with Gasteiger partial charge in [0.15, 0.2) is 0 Å². The molecule has 5 nitrogen and oxygen atoms in total. The highest BCUT2D eigenvalue weighted by atomic mass is 32.1. The van der Waals surface area contributed by atoms with E-state index < -0.39 is 0 Å². The molecule has 4 aromatic rings. The van der Waals surface area contributed by atoms with Crippen LogP contribution in [0.1, 0.15) is 21.5 Å². The summed E-state index contributed by atoms with van der Waals surface area (Å²) in [5, 5.41) is 11.7. The van der Waals surface area contributed by atoms with Crippen LogP contribution in [-0.4, -0.2) is 21.1 Å². The zero-order chi connectivity index (χ0) is 18.1. The number of aromatic nitrogens is 3. The van der Waals surface area contributed by atoms with Gasteiger partial charge in [0.05, 0.1) is 16.8 Å². The van der Waals surface area contributed by atoms with Gasteiger partial charge in [0.25, 0.3) is 5.91 Å². The Labute approximate surface area is 154 Å². The van der Waals surface area contributed by atoms with Crippen molar-refractivity contribution in [1.82, 2.24) is 15.2 Å². The van der Waals surface area contributed by atoms with Gasteiger partial charge in [-0.1, -0.05) is 53.3 Å². The Morgan fingerprint density at radius 2 is 1.92 bits per heavy atom. The van der Waals surface area contributed by atoms with Crippen molar-refractivity contribution in [2.45, 2.75) is 13.8 Å². The maximum absolute atomic E-state index is 12.8. The number of hydrogen-bond acceptors (Lipinski definition) is 5. The highest BCUT2D eigenvalue weighted by Crippen LogP contribution is 2.28. The van der Waals surface area contributed by atoms with Crippen LogP contribution in [0.2, 0.25) is 0 Å². The number of rotatable bonds is 3. The van der Waals surface area contributed by atoms with E-state index in [4.69, 9.17) is 4.98 Å². The number of anilines is 1. The molecule has 0 aliphatic rings. The Morgan fingerprint density at radius 3 is 2.69 bits per heavy atom. The van der Waals surface area contributed by atoms with Gasteiger partial charge in [-0.3, -0.25) is 10.1 Å². The predicted molar refractivity (Wildman–Crippen MR) is 105 cm³/mol. The molecule has 0 aliphatic heterocycles. The molecule has 26 heavy (non-hydrogen) atoms. The maximum atomic E-state index is 12.8. The third-order valence-electron chi connectivity index (χ3n) is 4.20. The average Bonchev–Trinajstić information content (AvgIpc) is 3.13. The topological polar surface area (TPSA) is 67.8 Å². The lowest BCUT2D eigenvalue weighted by molar-refractivity contribution is 0.102. The van der Waals surface area contributed by atoms with Gasteiger partial charge in [-0.2, -0.15) is 0 Å². The van der Waals surface area contributed by atoms with Crippen LogP contribution >= 0.6 is 11.3 Å². The zero-order valence-electron chi connectivity index (χ0n) is 14.4. The Bertz CT molecular complexity index is 1110. The minimum atomic E-state index is -0.216. The van der Waals surface area contributed by atoms with E-state index in [2.05, 4.69) is 41.5 Å². The Morgan fingerprint density at radius 1 is 1.08 bits per heavy atom. The summed E-state index contributed by atoms with van der Waals surface area (Å²) in [5.74, 6) is -0.216. The van der Waals surface area contributed by atoms with E-state index in [1.165, 1.54) is 16.9 Å². The van der Waals surface area contributed by atoms with Gasteiger partial charge in [-0.15, -0.1) is 10.2 Å². The number of nitrogens with zero attached hydrogens (tertiary/aromatic N) is 3. The van der Waals surface area contributed by atoms with Gasteiger partial charge in [-0.25, -0.2) is 4.98 Å². The molecule has 0 bridgehead atoms. The summed E-state index contributed by atoms with van der Waals surface area (Å²) >= 11 is 1.29. The van der Waals surface area contributed by atoms with Gasteiger partial charge >= 0.3 is 0 Å². The molecular formula is C20H16N4OS.